The van der Waals surface area contributed by atoms with Gasteiger partial charge in [-0.2, -0.15) is 0 Å². The smallest absolute Gasteiger partial charge is 0.407 e. The molecule has 0 saturated heterocycles. The highest BCUT2D eigenvalue weighted by atomic mass is 32.1. The first-order valence-corrected chi connectivity index (χ1v) is 40.3. The molecule has 24 nitrogen and oxygen atoms in total. The lowest BCUT2D eigenvalue weighted by Crippen LogP contribution is -2.33. The number of amides is 5. The number of aliphatic hydroxyl groups is 2. The fourth-order valence-electron chi connectivity index (χ4n) is 9.30. The number of para-hydroxylation sites is 3. The van der Waals surface area contributed by atoms with E-state index in [0.717, 1.165) is 127 Å². The summed E-state index contributed by atoms with van der Waals surface area (Å²) in [4.78, 5) is 103. The molecule has 6 rings (SSSR count). The maximum absolute atomic E-state index is 12.5. The Morgan fingerprint density at radius 1 is 0.444 bits per heavy atom. The van der Waals surface area contributed by atoms with Crippen LogP contribution < -0.4 is 26.6 Å². The lowest BCUT2D eigenvalue weighted by atomic mass is 9.98. The summed E-state index contributed by atoms with van der Waals surface area (Å²) in [7, 11) is 0. The fraction of sp³-hybridized carbons (Fsp3) is 0.642. The first kappa shape index (κ1) is 98.4. The molecule has 0 aliphatic carbocycles. The topological polar surface area (TPSA) is 342 Å². The van der Waals surface area contributed by atoms with Gasteiger partial charge in [0.15, 0.2) is 10.8 Å². The van der Waals surface area contributed by atoms with E-state index in [4.69, 9.17) is 33.9 Å². The largest absolute Gasteiger partial charge is 0.481 e. The molecule has 1 unspecified atom stereocenters. The number of fused-ring (bicyclic) bond motifs is 3. The number of nitrogens with zero attached hydrogens (tertiary/aromatic N) is 3. The van der Waals surface area contributed by atoms with E-state index in [-0.39, 0.29) is 54.3 Å². The molecule has 608 valence electrons. The number of carbonyl (C=O) groups excluding carboxylic acids is 7. The van der Waals surface area contributed by atoms with Gasteiger partial charge in [0.25, 0.3) is 0 Å². The molecule has 0 fully saturated rings. The van der Waals surface area contributed by atoms with Crippen LogP contribution in [-0.4, -0.2) is 146 Å². The van der Waals surface area contributed by atoms with Crippen molar-refractivity contribution in [1.82, 2.24) is 41.5 Å². The number of carbonyl (C=O) groups is 8. The highest BCUT2D eigenvalue weighted by molar-refractivity contribution is 7.20. The number of ketones is 1. The van der Waals surface area contributed by atoms with E-state index in [1.54, 1.807) is 50.4 Å². The van der Waals surface area contributed by atoms with E-state index in [9.17, 15) is 43.5 Å². The summed E-state index contributed by atoms with van der Waals surface area (Å²) in [6, 6.07) is 23.9. The molecule has 27 heteroatoms. The highest BCUT2D eigenvalue weighted by Gasteiger charge is 2.24. The summed E-state index contributed by atoms with van der Waals surface area (Å²) in [5.74, 6) is -0.477. The van der Waals surface area contributed by atoms with Gasteiger partial charge in [0.1, 0.15) is 45.4 Å². The Bertz CT molecular complexity index is 3450. The van der Waals surface area contributed by atoms with Gasteiger partial charge < -0.3 is 70.4 Å². The average molecular weight is 1570 g/mol. The molecule has 0 saturated carbocycles. The minimum Gasteiger partial charge on any atom is -0.481 e. The first-order valence-electron chi connectivity index (χ1n) is 37.8. The van der Waals surface area contributed by atoms with E-state index >= 15 is 0 Å². The van der Waals surface area contributed by atoms with Crippen molar-refractivity contribution in [2.75, 3.05) is 39.3 Å². The van der Waals surface area contributed by atoms with E-state index in [2.05, 4.69) is 47.6 Å². The summed E-state index contributed by atoms with van der Waals surface area (Å²) in [6.45, 7) is 40.2. The SMILES string of the molecule is C[C@@H](CCCCNC(=O)OC(C)(C)C)C(=O)O.C[C@@H](CCCCNC(=O)OC(C)(C)C)C(=O)c1nc2ccccc2s1.C[C@@H](CCCCNC(=O)OC(C)(C)C)C(O)c1nc2ccccc2s1.C[C@H](C=O)CCCCNC(=O)OC(C)(C)C.C[C@H](CO)CCCCNC(=O)OC(C)(C)C.c1ccc2scnc2c1. The molecular formula is C81H130N8O16S3. The molecule has 0 radical (unpaired) electrons. The van der Waals surface area contributed by atoms with Crippen molar-refractivity contribution >= 4 is 113 Å². The van der Waals surface area contributed by atoms with Crippen LogP contribution >= 0.6 is 34.0 Å². The van der Waals surface area contributed by atoms with Gasteiger partial charge in [-0.1, -0.05) is 103 Å². The molecule has 0 bridgehead atoms. The zero-order chi connectivity index (χ0) is 81.7. The predicted octanol–water partition coefficient (Wildman–Crippen LogP) is 19.0. The standard InChI is InChI=1S/C19H28N2O3S.C19H26N2O3S.C12H23NO4.C12H25NO3.C12H23NO3.C7H5NS/c2*1-13(9-7-8-12-20-18(23)24-19(2,3)4)16(22)17-21-14-10-5-6-11-15(14)25-17;1-9(10(14)15)7-5-6-8-13-11(16)17-12(2,3)4;2*1-10(9-14)7-5-6-8-13-11(15)16-12(2,3)4;1-2-4-7-6(3-1)8-5-9-7/h5-6,10-11,13,16,22H,7-9,12H2,1-4H3,(H,20,23);5-6,10-11,13H,7-9,12H2,1-4H3,(H,20,23);9H,5-8H2,1-4H3,(H,13,16)(H,14,15);10,14H,5-9H2,1-4H3,(H,13,15);9-10H,5-8H2,1-4H3,(H,13,15);1-5H/t13-,16?;13-;9-;2*10-;/m00000./s1. The monoisotopic (exact) mass is 1570 g/mol. The average Bonchev–Trinajstić information content (AvgIpc) is 1.69. The molecule has 3 aromatic heterocycles. The molecule has 108 heavy (non-hydrogen) atoms. The van der Waals surface area contributed by atoms with Crippen molar-refractivity contribution in [3.05, 3.63) is 88.3 Å². The number of rotatable bonds is 32. The summed E-state index contributed by atoms with van der Waals surface area (Å²) in [6.07, 6.45) is 11.4. The molecule has 3 aromatic carbocycles. The Balaban J connectivity index is 0.000000664. The molecule has 6 aromatic rings. The lowest BCUT2D eigenvalue weighted by Gasteiger charge is -2.20. The number of aromatic nitrogens is 3. The Kier molecular flexibility index (Phi) is 47.1. The predicted molar refractivity (Wildman–Crippen MR) is 435 cm³/mol. The van der Waals surface area contributed by atoms with Gasteiger partial charge >= 0.3 is 36.4 Å². The van der Waals surface area contributed by atoms with Crippen molar-refractivity contribution in [2.24, 2.45) is 29.6 Å². The van der Waals surface area contributed by atoms with Crippen molar-refractivity contribution in [3.63, 3.8) is 0 Å². The van der Waals surface area contributed by atoms with Crippen molar-refractivity contribution < 1.29 is 77.4 Å². The quantitative estimate of drug-likeness (QED) is 0.00841. The van der Waals surface area contributed by atoms with Crippen LogP contribution in [0.2, 0.25) is 0 Å². The Hall–Kier alpha value is -7.59. The van der Waals surface area contributed by atoms with Gasteiger partial charge in [-0.3, -0.25) is 9.59 Å². The van der Waals surface area contributed by atoms with Crippen LogP contribution in [0, 0.1) is 29.6 Å². The number of thiazole rings is 3. The van der Waals surface area contributed by atoms with Crippen LogP contribution in [0.3, 0.4) is 0 Å². The van der Waals surface area contributed by atoms with E-state index in [1.165, 1.54) is 16.0 Å². The maximum atomic E-state index is 12.5. The van der Waals surface area contributed by atoms with Gasteiger partial charge in [-0.25, -0.2) is 38.9 Å². The minimum absolute atomic E-state index is 0.0675. The third-order valence-electron chi connectivity index (χ3n) is 15.0. The summed E-state index contributed by atoms with van der Waals surface area (Å²) < 4.78 is 29.0. The van der Waals surface area contributed by atoms with Crippen molar-refractivity contribution in [2.45, 2.75) is 269 Å². The highest BCUT2D eigenvalue weighted by Crippen LogP contribution is 2.32. The molecular weight excluding hydrogens is 1440 g/mol. The maximum Gasteiger partial charge on any atom is 0.407 e. The van der Waals surface area contributed by atoms with E-state index in [1.807, 2.05) is 183 Å². The molecule has 0 aliphatic heterocycles. The van der Waals surface area contributed by atoms with Crippen LogP contribution in [0.4, 0.5) is 24.0 Å². The third-order valence-corrected chi connectivity index (χ3v) is 18.0. The number of carboxylic acids is 1. The normalized spacial score (nSPS) is 13.1. The number of hydrogen-bond acceptors (Lipinski definition) is 21. The molecule has 5 amide bonds. The van der Waals surface area contributed by atoms with Gasteiger partial charge in [0.2, 0.25) is 0 Å². The Morgan fingerprint density at radius 2 is 0.787 bits per heavy atom. The molecule has 8 N–H and O–H groups in total. The van der Waals surface area contributed by atoms with Gasteiger partial charge in [-0.15, -0.1) is 34.0 Å². The van der Waals surface area contributed by atoms with E-state index in [0.29, 0.717) is 50.1 Å². The van der Waals surface area contributed by atoms with Crippen LogP contribution in [0.5, 0.6) is 0 Å². The van der Waals surface area contributed by atoms with E-state index < -0.39 is 52.3 Å². The second kappa shape index (κ2) is 51.7. The number of hydrogen-bond donors (Lipinski definition) is 8. The lowest BCUT2D eigenvalue weighted by molar-refractivity contribution is -0.141. The zero-order valence-electron chi connectivity index (χ0n) is 68.1. The summed E-state index contributed by atoms with van der Waals surface area (Å²) in [5.41, 5.74) is 2.46. The number of ether oxygens (including phenoxy) is 5. The van der Waals surface area contributed by atoms with Gasteiger partial charge in [-0.05, 0) is 216 Å². The summed E-state index contributed by atoms with van der Waals surface area (Å²) >= 11 is 4.68. The first-order chi connectivity index (χ1) is 50.4. The van der Waals surface area contributed by atoms with Crippen molar-refractivity contribution in [3.8, 4) is 0 Å². The minimum atomic E-state index is -0.773. The van der Waals surface area contributed by atoms with Crippen LogP contribution in [0.1, 0.15) is 256 Å². The number of nitrogens with one attached hydrogen (secondary N) is 5. The second-order valence-electron chi connectivity index (χ2n) is 31.8. The Morgan fingerprint density at radius 3 is 1.15 bits per heavy atom. The number of unbranched alkanes of at least 4 members (excludes halogenated alkanes) is 5. The van der Waals surface area contributed by atoms with Crippen LogP contribution in [0.15, 0.2) is 78.3 Å². The number of alkyl carbamates (subject to hydrolysis) is 5. The number of aliphatic hydroxyl groups excluding tert-OH is 2. The second-order valence-corrected chi connectivity index (χ2v) is 34.8. The molecule has 0 spiro atoms. The molecule has 0 aliphatic rings. The van der Waals surface area contributed by atoms with Gasteiger partial charge in [0, 0.05) is 51.2 Å². The number of aliphatic carboxylic acids is 1. The Labute approximate surface area is 654 Å². The fourth-order valence-corrected chi connectivity index (χ4v) is 12.1. The third kappa shape index (κ3) is 50.2. The van der Waals surface area contributed by atoms with Crippen LogP contribution in [-0.2, 0) is 33.3 Å². The number of benzene rings is 3. The van der Waals surface area contributed by atoms with Crippen molar-refractivity contribution in [1.29, 1.82) is 0 Å². The molecule has 6 atom stereocenters. The summed E-state index contributed by atoms with van der Waals surface area (Å²) in [5, 5.41) is 42.9. The van der Waals surface area contributed by atoms with Crippen LogP contribution in [0.25, 0.3) is 30.6 Å². The van der Waals surface area contributed by atoms with Gasteiger partial charge in [0.05, 0.1) is 42.1 Å². The number of aldehydes is 1. The zero-order valence-corrected chi connectivity index (χ0v) is 70.6. The molecule has 3 heterocycles. The number of carboxylic acid groups (broad SMARTS) is 1. The number of Topliss-reactive ketones (excluding diaryl/α,β-unsaturated/α-hetero) is 1.